The Kier molecular flexibility index (Phi) is 4.15. The maximum absolute atomic E-state index is 14.1. The van der Waals surface area contributed by atoms with Crippen LogP contribution in [-0.2, 0) is 0 Å². The van der Waals surface area contributed by atoms with Crippen LogP contribution in [0.3, 0.4) is 0 Å². The summed E-state index contributed by atoms with van der Waals surface area (Å²) in [6.45, 7) is 4.04. The summed E-state index contributed by atoms with van der Waals surface area (Å²) in [6.07, 6.45) is 3.13. The van der Waals surface area contributed by atoms with Crippen LogP contribution in [0.15, 0.2) is 48.9 Å². The first-order chi connectivity index (χ1) is 13.0. The highest BCUT2D eigenvalue weighted by Gasteiger charge is 2.17. The van der Waals surface area contributed by atoms with Crippen molar-refractivity contribution in [1.29, 1.82) is 0 Å². The summed E-state index contributed by atoms with van der Waals surface area (Å²) in [4.78, 5) is 20.0. The van der Waals surface area contributed by atoms with Gasteiger partial charge in [0.05, 0.1) is 5.56 Å². The molecule has 4 aromatic rings. The molecule has 1 amide bonds. The summed E-state index contributed by atoms with van der Waals surface area (Å²) < 4.78 is 16.0. The van der Waals surface area contributed by atoms with Gasteiger partial charge in [-0.3, -0.25) is 4.79 Å². The number of nitrogens with one attached hydrogen (secondary N) is 2. The molecule has 0 aliphatic heterocycles. The van der Waals surface area contributed by atoms with E-state index in [0.717, 1.165) is 0 Å². The van der Waals surface area contributed by atoms with Gasteiger partial charge in [-0.25, -0.2) is 9.37 Å². The molecule has 0 bridgehead atoms. The molecule has 8 heteroatoms. The van der Waals surface area contributed by atoms with E-state index in [9.17, 15) is 9.18 Å². The topological polar surface area (TPSA) is 88.5 Å². The predicted octanol–water partition coefficient (Wildman–Crippen LogP) is 3.79. The van der Waals surface area contributed by atoms with E-state index >= 15 is 0 Å². The molecule has 7 nitrogen and oxygen atoms in total. The van der Waals surface area contributed by atoms with Gasteiger partial charge in [-0.15, -0.1) is 10.2 Å². The van der Waals surface area contributed by atoms with Crippen LogP contribution < -0.4 is 5.32 Å². The van der Waals surface area contributed by atoms with E-state index in [4.69, 9.17) is 0 Å². The fourth-order valence-electron chi connectivity index (χ4n) is 2.94. The molecule has 0 saturated heterocycles. The van der Waals surface area contributed by atoms with Gasteiger partial charge in [0.1, 0.15) is 23.7 Å². The molecule has 136 valence electrons. The van der Waals surface area contributed by atoms with Crippen molar-refractivity contribution in [3.63, 3.8) is 0 Å². The van der Waals surface area contributed by atoms with Crippen LogP contribution in [0.2, 0.25) is 0 Å². The number of anilines is 1. The number of carbonyl (C=O) groups excluding carboxylic acids is 1. The number of hydrogen-bond donors (Lipinski definition) is 2. The molecule has 3 heterocycles. The summed E-state index contributed by atoms with van der Waals surface area (Å²) in [5.41, 5.74) is 1.37. The molecular formula is C19H17FN6O. The number of H-pyrrole nitrogens is 1. The van der Waals surface area contributed by atoms with Gasteiger partial charge in [-0.2, -0.15) is 0 Å². The van der Waals surface area contributed by atoms with E-state index in [1.807, 2.05) is 18.4 Å². The highest BCUT2D eigenvalue weighted by molar-refractivity contribution is 6.12. The monoisotopic (exact) mass is 364 g/mol. The number of pyridine rings is 1. The van der Waals surface area contributed by atoms with Gasteiger partial charge in [0.15, 0.2) is 5.82 Å². The van der Waals surface area contributed by atoms with Crippen molar-refractivity contribution in [3.8, 4) is 11.5 Å². The minimum Gasteiger partial charge on any atom is -0.360 e. The third-order valence-corrected chi connectivity index (χ3v) is 4.25. The van der Waals surface area contributed by atoms with Crippen LogP contribution in [0.25, 0.3) is 22.4 Å². The smallest absolute Gasteiger partial charge is 0.259 e. The van der Waals surface area contributed by atoms with Crippen LogP contribution in [-0.4, -0.2) is 30.6 Å². The average molecular weight is 364 g/mol. The van der Waals surface area contributed by atoms with E-state index in [0.29, 0.717) is 22.9 Å². The molecule has 27 heavy (non-hydrogen) atoms. The molecule has 0 radical (unpaired) electrons. The number of fused-ring (bicyclic) bond motifs is 1. The van der Waals surface area contributed by atoms with Crippen LogP contribution in [0, 0.1) is 5.82 Å². The predicted molar refractivity (Wildman–Crippen MR) is 99.8 cm³/mol. The first-order valence-corrected chi connectivity index (χ1v) is 8.48. The number of nitrogens with zero attached hydrogens (tertiary/aromatic N) is 4. The minimum atomic E-state index is -0.453. The van der Waals surface area contributed by atoms with E-state index < -0.39 is 11.7 Å². The van der Waals surface area contributed by atoms with Gasteiger partial charge < -0.3 is 14.9 Å². The van der Waals surface area contributed by atoms with Gasteiger partial charge >= 0.3 is 0 Å². The number of carbonyl (C=O) groups is 1. The van der Waals surface area contributed by atoms with Gasteiger partial charge in [-0.05, 0) is 38.1 Å². The molecule has 3 aromatic heterocycles. The molecule has 0 unspecified atom stereocenters. The largest absolute Gasteiger partial charge is 0.360 e. The maximum atomic E-state index is 14.1. The van der Waals surface area contributed by atoms with Gasteiger partial charge in [0.25, 0.3) is 5.91 Å². The zero-order valence-corrected chi connectivity index (χ0v) is 14.8. The van der Waals surface area contributed by atoms with E-state index in [1.54, 1.807) is 36.7 Å². The Balaban J connectivity index is 1.65. The second kappa shape index (κ2) is 6.64. The van der Waals surface area contributed by atoms with Crippen molar-refractivity contribution in [2.75, 3.05) is 5.32 Å². The number of hydrogen-bond acceptors (Lipinski definition) is 4. The van der Waals surface area contributed by atoms with Crippen molar-refractivity contribution in [2.24, 2.45) is 0 Å². The zero-order valence-electron chi connectivity index (χ0n) is 14.8. The quantitative estimate of drug-likeness (QED) is 0.577. The SMILES string of the molecule is CC(C)n1cnnc1-c1cccc(NC(=O)c2c[nH]c3cccc(F)c23)n1. The number of aromatic amines is 1. The molecule has 0 atom stereocenters. The number of benzene rings is 1. The molecular weight excluding hydrogens is 347 g/mol. The molecule has 0 saturated carbocycles. The molecule has 0 fully saturated rings. The fourth-order valence-corrected chi connectivity index (χ4v) is 2.94. The summed E-state index contributed by atoms with van der Waals surface area (Å²) in [5, 5.41) is 11.0. The summed E-state index contributed by atoms with van der Waals surface area (Å²) >= 11 is 0. The highest BCUT2D eigenvalue weighted by Crippen LogP contribution is 2.23. The van der Waals surface area contributed by atoms with Gasteiger partial charge in [0.2, 0.25) is 0 Å². The Bertz CT molecular complexity index is 1130. The number of aromatic nitrogens is 5. The summed E-state index contributed by atoms with van der Waals surface area (Å²) in [7, 11) is 0. The molecule has 0 aliphatic carbocycles. The second-order valence-electron chi connectivity index (χ2n) is 6.38. The standard InChI is InChI=1S/C19H17FN6O/c1-11(2)26-10-22-25-18(26)15-7-4-8-16(23-15)24-19(27)12-9-21-14-6-3-5-13(20)17(12)14/h3-11,21H,1-2H3,(H,23,24,27). The van der Waals surface area contributed by atoms with Crippen molar-refractivity contribution < 1.29 is 9.18 Å². The van der Waals surface area contributed by atoms with Crippen LogP contribution in [0.1, 0.15) is 30.2 Å². The first kappa shape index (κ1) is 16.9. The van der Waals surface area contributed by atoms with Crippen molar-refractivity contribution in [2.45, 2.75) is 19.9 Å². The normalized spacial score (nSPS) is 11.3. The van der Waals surface area contributed by atoms with Gasteiger partial charge in [0, 0.05) is 23.1 Å². The Labute approximate surface area is 154 Å². The van der Waals surface area contributed by atoms with Crippen molar-refractivity contribution >= 4 is 22.6 Å². The number of halogens is 1. The lowest BCUT2D eigenvalue weighted by molar-refractivity contribution is 0.102. The molecule has 4 rings (SSSR count). The Hall–Kier alpha value is -3.55. The lowest BCUT2D eigenvalue weighted by atomic mass is 10.1. The first-order valence-electron chi connectivity index (χ1n) is 8.48. The molecule has 0 aliphatic rings. The fraction of sp³-hybridized carbons (Fsp3) is 0.158. The van der Waals surface area contributed by atoms with Crippen LogP contribution in [0.4, 0.5) is 10.2 Å². The zero-order chi connectivity index (χ0) is 19.0. The van der Waals surface area contributed by atoms with Crippen LogP contribution >= 0.6 is 0 Å². The lowest BCUT2D eigenvalue weighted by Crippen LogP contribution is -2.13. The summed E-state index contributed by atoms with van der Waals surface area (Å²) in [5.74, 6) is 0.0627. The average Bonchev–Trinajstić information content (AvgIpc) is 3.30. The number of amides is 1. The number of rotatable bonds is 4. The molecule has 1 aromatic carbocycles. The molecule has 0 spiro atoms. The summed E-state index contributed by atoms with van der Waals surface area (Å²) in [6, 6.07) is 10.0. The van der Waals surface area contributed by atoms with E-state index in [2.05, 4.69) is 25.5 Å². The van der Waals surface area contributed by atoms with Crippen molar-refractivity contribution in [3.05, 3.63) is 60.3 Å². The Morgan fingerprint density at radius 1 is 1.22 bits per heavy atom. The second-order valence-corrected chi connectivity index (χ2v) is 6.38. The third kappa shape index (κ3) is 3.05. The van der Waals surface area contributed by atoms with Gasteiger partial charge in [-0.1, -0.05) is 12.1 Å². The third-order valence-electron chi connectivity index (χ3n) is 4.25. The maximum Gasteiger partial charge on any atom is 0.259 e. The Morgan fingerprint density at radius 3 is 2.85 bits per heavy atom. The highest BCUT2D eigenvalue weighted by atomic mass is 19.1. The Morgan fingerprint density at radius 2 is 2.04 bits per heavy atom. The minimum absolute atomic E-state index is 0.171. The molecule has 2 N–H and O–H groups in total. The van der Waals surface area contributed by atoms with Crippen LogP contribution in [0.5, 0.6) is 0 Å². The van der Waals surface area contributed by atoms with E-state index in [-0.39, 0.29) is 17.0 Å². The lowest BCUT2D eigenvalue weighted by Gasteiger charge is -2.10. The van der Waals surface area contributed by atoms with E-state index in [1.165, 1.54) is 12.3 Å². The van der Waals surface area contributed by atoms with Crippen molar-refractivity contribution in [1.82, 2.24) is 24.7 Å².